The summed E-state index contributed by atoms with van der Waals surface area (Å²) in [5, 5.41) is 10.7. The molecule has 0 fully saturated rings. The number of aliphatic hydroxyl groups is 1. The standard InChI is InChI=1S/C86H168O17P2/c1-6-9-12-15-18-21-24-27-29-31-32-37-40-45-50-55-60-65-70-84(89)97-76-82(103-86(91)72-67-62-57-52-47-42-38-34-33-35-39-43-48-53-58-63-68-79(4)5)78-101-105(94,95)99-74-80(87)73-98-104(92,93)100-77-81(75-96-83(88)69-64-59-54-49-44-26-23-20-17-14-11-8-3)102-85(90)71-66-61-56-51-46-41-36-30-28-25-22-19-16-13-10-7-2/h79-82,87H,6-78H2,1-5H3,(H,92,93)(H,94,95)/t80-,81+,82+/m0/s1. The minimum absolute atomic E-state index is 0.109. The molecule has 0 amide bonds. The van der Waals surface area contributed by atoms with Gasteiger partial charge in [0.25, 0.3) is 0 Å². The van der Waals surface area contributed by atoms with Crippen LogP contribution in [0.4, 0.5) is 0 Å². The number of carbonyl (C=O) groups excluding carboxylic acids is 4. The van der Waals surface area contributed by atoms with Crippen molar-refractivity contribution in [1.29, 1.82) is 0 Å². The molecule has 105 heavy (non-hydrogen) atoms. The largest absolute Gasteiger partial charge is 0.472 e. The number of hydrogen-bond acceptors (Lipinski definition) is 15. The van der Waals surface area contributed by atoms with Gasteiger partial charge in [-0.1, -0.05) is 413 Å². The van der Waals surface area contributed by atoms with Gasteiger partial charge < -0.3 is 33.8 Å². The third-order valence-electron chi connectivity index (χ3n) is 20.3. The van der Waals surface area contributed by atoms with E-state index in [1.54, 1.807) is 0 Å². The zero-order valence-electron chi connectivity index (χ0n) is 68.9. The molecule has 0 saturated heterocycles. The molecule has 0 aliphatic heterocycles. The number of phosphoric ester groups is 2. The van der Waals surface area contributed by atoms with Crippen LogP contribution in [0.15, 0.2) is 0 Å². The lowest BCUT2D eigenvalue weighted by Gasteiger charge is -2.21. The zero-order valence-corrected chi connectivity index (χ0v) is 70.7. The Hall–Kier alpha value is -1.94. The first-order valence-electron chi connectivity index (χ1n) is 44.6. The van der Waals surface area contributed by atoms with Crippen LogP contribution in [0.5, 0.6) is 0 Å². The van der Waals surface area contributed by atoms with Crippen LogP contribution >= 0.6 is 15.6 Å². The SMILES string of the molecule is CCCCCCCCCCCCCCCCCCCCC(=O)OC[C@H](COP(=O)(O)OC[C@@H](O)COP(=O)(O)OC[C@@H](COC(=O)CCCCCCCCCCCCCC)OC(=O)CCCCCCCCCCCCCCCCCC)OC(=O)CCCCCCCCCCCCCCCCCCC(C)C. The molecule has 0 heterocycles. The van der Waals surface area contributed by atoms with Gasteiger partial charge in [0.2, 0.25) is 0 Å². The van der Waals surface area contributed by atoms with Crippen LogP contribution in [0.3, 0.4) is 0 Å². The Bertz CT molecular complexity index is 2000. The van der Waals surface area contributed by atoms with Crippen molar-refractivity contribution in [1.82, 2.24) is 0 Å². The van der Waals surface area contributed by atoms with E-state index >= 15 is 0 Å². The second-order valence-electron chi connectivity index (χ2n) is 31.4. The summed E-state index contributed by atoms with van der Waals surface area (Å²) >= 11 is 0. The second-order valence-corrected chi connectivity index (χ2v) is 34.3. The summed E-state index contributed by atoms with van der Waals surface area (Å²) in [7, 11) is -9.93. The number of unbranched alkanes of at least 4 members (excludes halogenated alkanes) is 58. The van der Waals surface area contributed by atoms with Crippen molar-refractivity contribution in [2.45, 2.75) is 483 Å². The van der Waals surface area contributed by atoms with Gasteiger partial charge in [0.15, 0.2) is 12.2 Å². The third-order valence-corrected chi connectivity index (χ3v) is 22.2. The van der Waals surface area contributed by atoms with Crippen LogP contribution in [0.1, 0.15) is 465 Å². The molecule has 0 rings (SSSR count). The predicted octanol–water partition coefficient (Wildman–Crippen LogP) is 26.4. The molecule has 0 aromatic carbocycles. The number of rotatable bonds is 86. The highest BCUT2D eigenvalue weighted by molar-refractivity contribution is 7.47. The van der Waals surface area contributed by atoms with Gasteiger partial charge >= 0.3 is 39.5 Å². The van der Waals surface area contributed by atoms with E-state index in [9.17, 15) is 43.2 Å². The van der Waals surface area contributed by atoms with Crippen molar-refractivity contribution in [2.24, 2.45) is 5.92 Å². The number of ether oxygens (including phenoxy) is 4. The minimum Gasteiger partial charge on any atom is -0.462 e. The van der Waals surface area contributed by atoms with Crippen LogP contribution in [0, 0.1) is 5.92 Å². The van der Waals surface area contributed by atoms with Crippen molar-refractivity contribution >= 4 is 39.5 Å². The van der Waals surface area contributed by atoms with Gasteiger partial charge in [-0.15, -0.1) is 0 Å². The predicted molar refractivity (Wildman–Crippen MR) is 432 cm³/mol. The van der Waals surface area contributed by atoms with Crippen LogP contribution in [-0.2, 0) is 65.4 Å². The lowest BCUT2D eigenvalue weighted by molar-refractivity contribution is -0.161. The van der Waals surface area contributed by atoms with E-state index in [2.05, 4.69) is 34.6 Å². The molecule has 2 unspecified atom stereocenters. The van der Waals surface area contributed by atoms with Crippen molar-refractivity contribution in [3.63, 3.8) is 0 Å². The highest BCUT2D eigenvalue weighted by Crippen LogP contribution is 2.45. The fourth-order valence-electron chi connectivity index (χ4n) is 13.5. The van der Waals surface area contributed by atoms with Crippen LogP contribution in [-0.4, -0.2) is 96.7 Å². The lowest BCUT2D eigenvalue weighted by atomic mass is 10.0. The highest BCUT2D eigenvalue weighted by atomic mass is 31.2. The fraction of sp³-hybridized carbons (Fsp3) is 0.953. The van der Waals surface area contributed by atoms with Gasteiger partial charge in [-0.2, -0.15) is 0 Å². The molecule has 0 bridgehead atoms. The number of aliphatic hydroxyl groups excluding tert-OH is 1. The molecule has 0 spiro atoms. The molecular formula is C86H168O17P2. The van der Waals surface area contributed by atoms with E-state index in [1.165, 1.54) is 289 Å². The van der Waals surface area contributed by atoms with E-state index in [-0.39, 0.29) is 25.7 Å². The van der Waals surface area contributed by atoms with E-state index in [1.807, 2.05) is 0 Å². The highest BCUT2D eigenvalue weighted by Gasteiger charge is 2.30. The van der Waals surface area contributed by atoms with Gasteiger partial charge in [0.1, 0.15) is 19.3 Å². The summed E-state index contributed by atoms with van der Waals surface area (Å²) in [4.78, 5) is 73.3. The maximum atomic E-state index is 13.1. The Kier molecular flexibility index (Phi) is 77.3. The first-order chi connectivity index (χ1) is 51.0. The normalized spacial score (nSPS) is 13.8. The monoisotopic (exact) mass is 1540 g/mol. The molecule has 0 aromatic heterocycles. The smallest absolute Gasteiger partial charge is 0.462 e. The van der Waals surface area contributed by atoms with Crippen molar-refractivity contribution in [3.8, 4) is 0 Å². The Balaban J connectivity index is 5.25. The van der Waals surface area contributed by atoms with E-state index < -0.39 is 97.5 Å². The van der Waals surface area contributed by atoms with Crippen molar-refractivity contribution in [3.05, 3.63) is 0 Å². The molecule has 0 aliphatic rings. The van der Waals surface area contributed by atoms with Crippen LogP contribution < -0.4 is 0 Å². The zero-order chi connectivity index (χ0) is 76.9. The average molecular weight is 1540 g/mol. The first kappa shape index (κ1) is 103. The number of carbonyl (C=O) groups is 4. The Morgan fingerprint density at radius 1 is 0.257 bits per heavy atom. The summed E-state index contributed by atoms with van der Waals surface area (Å²) in [6.45, 7) is 7.40. The summed E-state index contributed by atoms with van der Waals surface area (Å²) in [6, 6.07) is 0. The van der Waals surface area contributed by atoms with E-state index in [0.29, 0.717) is 25.7 Å². The van der Waals surface area contributed by atoms with Crippen LogP contribution in [0.25, 0.3) is 0 Å². The summed E-state index contributed by atoms with van der Waals surface area (Å²) < 4.78 is 68.9. The molecule has 17 nitrogen and oxygen atoms in total. The summed E-state index contributed by atoms with van der Waals surface area (Å²) in [5.74, 6) is -1.29. The fourth-order valence-corrected chi connectivity index (χ4v) is 15.1. The maximum absolute atomic E-state index is 13.1. The number of hydrogen-bond donors (Lipinski definition) is 3. The van der Waals surface area contributed by atoms with Gasteiger partial charge in [0.05, 0.1) is 26.4 Å². The quantitative estimate of drug-likeness (QED) is 0.0222. The molecule has 0 saturated carbocycles. The third kappa shape index (κ3) is 79.9. The van der Waals surface area contributed by atoms with Gasteiger partial charge in [0, 0.05) is 25.7 Å². The molecule has 0 aromatic rings. The minimum atomic E-state index is -4.97. The molecule has 0 aliphatic carbocycles. The van der Waals surface area contributed by atoms with Crippen molar-refractivity contribution in [2.75, 3.05) is 39.6 Å². The van der Waals surface area contributed by atoms with E-state index in [0.717, 1.165) is 95.8 Å². The number of esters is 4. The van der Waals surface area contributed by atoms with Crippen LogP contribution in [0.2, 0.25) is 0 Å². The van der Waals surface area contributed by atoms with E-state index in [4.69, 9.17) is 37.0 Å². The molecule has 5 atom stereocenters. The topological polar surface area (TPSA) is 237 Å². The molecule has 19 heteroatoms. The first-order valence-corrected chi connectivity index (χ1v) is 47.6. The maximum Gasteiger partial charge on any atom is 0.472 e. The second kappa shape index (κ2) is 78.7. The molecule has 0 radical (unpaired) electrons. The van der Waals surface area contributed by atoms with Gasteiger partial charge in [-0.3, -0.25) is 37.3 Å². The van der Waals surface area contributed by atoms with Gasteiger partial charge in [-0.25, -0.2) is 9.13 Å². The van der Waals surface area contributed by atoms with Crippen molar-refractivity contribution < 1.29 is 80.2 Å². The molecular weight excluding hydrogens is 1370 g/mol. The molecule has 3 N–H and O–H groups in total. The number of phosphoric acid groups is 2. The Morgan fingerprint density at radius 2 is 0.438 bits per heavy atom. The lowest BCUT2D eigenvalue weighted by Crippen LogP contribution is -2.30. The van der Waals surface area contributed by atoms with Gasteiger partial charge in [-0.05, 0) is 31.6 Å². The average Bonchev–Trinajstić information content (AvgIpc) is 0.910. The summed E-state index contributed by atoms with van der Waals surface area (Å²) in [5.41, 5.74) is 0. The molecule has 624 valence electrons. The Morgan fingerprint density at radius 3 is 0.648 bits per heavy atom. The Labute approximate surface area is 645 Å². The summed E-state index contributed by atoms with van der Waals surface area (Å²) in [6.07, 6.45) is 72.1.